The van der Waals surface area contributed by atoms with E-state index in [2.05, 4.69) is 41.0 Å². The lowest BCUT2D eigenvalue weighted by atomic mass is 9.87. The molecule has 1 atom stereocenters. The van der Waals surface area contributed by atoms with Crippen LogP contribution in [0.5, 0.6) is 5.75 Å². The Balaban J connectivity index is 1.56. The Kier molecular flexibility index (Phi) is 4.38. The molecule has 1 N–H and O–H groups in total. The monoisotopic (exact) mass is 287 g/mol. The van der Waals surface area contributed by atoms with Crippen molar-refractivity contribution in [2.24, 2.45) is 0 Å². The molecule has 2 nitrogen and oxygen atoms in total. The first-order valence-electron chi connectivity index (χ1n) is 7.27. The first-order valence-corrected chi connectivity index (χ1v) is 8.15. The molecule has 1 heterocycles. The molecule has 3 heteroatoms. The summed E-state index contributed by atoms with van der Waals surface area (Å²) in [6.07, 6.45) is 4.59. The van der Waals surface area contributed by atoms with Crippen molar-refractivity contribution >= 4 is 11.3 Å². The van der Waals surface area contributed by atoms with Crippen molar-refractivity contribution in [3.63, 3.8) is 0 Å². The summed E-state index contributed by atoms with van der Waals surface area (Å²) in [6, 6.07) is 11.4. The molecule has 0 fully saturated rings. The predicted molar refractivity (Wildman–Crippen MR) is 84.8 cm³/mol. The van der Waals surface area contributed by atoms with Crippen LogP contribution in [0.25, 0.3) is 0 Å². The number of ether oxygens (including phenoxy) is 1. The highest BCUT2D eigenvalue weighted by molar-refractivity contribution is 7.09. The molecule has 1 aliphatic rings. The molecule has 20 heavy (non-hydrogen) atoms. The van der Waals surface area contributed by atoms with Crippen LogP contribution in [-0.2, 0) is 19.3 Å². The molecule has 0 saturated heterocycles. The molecular weight excluding hydrogens is 266 g/mol. The Morgan fingerprint density at radius 2 is 2.25 bits per heavy atom. The molecule has 1 aromatic heterocycles. The highest BCUT2D eigenvalue weighted by Gasteiger charge is 2.20. The molecule has 0 saturated carbocycles. The maximum Gasteiger partial charge on any atom is 0.122 e. The van der Waals surface area contributed by atoms with Crippen LogP contribution in [0.1, 0.15) is 22.4 Å². The summed E-state index contributed by atoms with van der Waals surface area (Å²) in [7, 11) is 1.76. The largest absolute Gasteiger partial charge is 0.496 e. The lowest BCUT2D eigenvalue weighted by Crippen LogP contribution is -2.35. The molecule has 0 bridgehead atoms. The van der Waals surface area contributed by atoms with Gasteiger partial charge in [0.25, 0.3) is 0 Å². The number of rotatable bonds is 5. The van der Waals surface area contributed by atoms with Gasteiger partial charge in [0.15, 0.2) is 0 Å². The molecule has 0 aliphatic heterocycles. The van der Waals surface area contributed by atoms with E-state index in [1.54, 1.807) is 7.11 Å². The third-order valence-electron chi connectivity index (χ3n) is 4.04. The van der Waals surface area contributed by atoms with Gasteiger partial charge in [-0.05, 0) is 54.3 Å². The van der Waals surface area contributed by atoms with E-state index in [1.165, 1.54) is 22.4 Å². The van der Waals surface area contributed by atoms with Gasteiger partial charge < -0.3 is 10.1 Å². The number of fused-ring (bicyclic) bond motifs is 1. The van der Waals surface area contributed by atoms with Crippen LogP contribution in [0.3, 0.4) is 0 Å². The van der Waals surface area contributed by atoms with E-state index in [-0.39, 0.29) is 0 Å². The number of benzene rings is 1. The Morgan fingerprint density at radius 1 is 1.30 bits per heavy atom. The van der Waals surface area contributed by atoms with Gasteiger partial charge >= 0.3 is 0 Å². The van der Waals surface area contributed by atoms with E-state index in [4.69, 9.17) is 4.74 Å². The van der Waals surface area contributed by atoms with E-state index in [9.17, 15) is 0 Å². The maximum absolute atomic E-state index is 5.46. The smallest absolute Gasteiger partial charge is 0.122 e. The van der Waals surface area contributed by atoms with E-state index >= 15 is 0 Å². The van der Waals surface area contributed by atoms with Gasteiger partial charge in [0.2, 0.25) is 0 Å². The zero-order valence-electron chi connectivity index (χ0n) is 11.9. The van der Waals surface area contributed by atoms with Crippen LogP contribution in [0, 0.1) is 0 Å². The summed E-state index contributed by atoms with van der Waals surface area (Å²) in [5.41, 5.74) is 2.86. The number of hydrogen-bond donors (Lipinski definition) is 1. The molecule has 3 rings (SSSR count). The number of nitrogens with one attached hydrogen (secondary N) is 1. The third-order valence-corrected chi connectivity index (χ3v) is 4.98. The zero-order valence-corrected chi connectivity index (χ0v) is 12.7. The van der Waals surface area contributed by atoms with E-state index < -0.39 is 0 Å². The van der Waals surface area contributed by atoms with E-state index in [0.29, 0.717) is 6.04 Å². The van der Waals surface area contributed by atoms with Crippen LogP contribution in [0.2, 0.25) is 0 Å². The number of methoxy groups -OCH3 is 1. The van der Waals surface area contributed by atoms with Crippen molar-refractivity contribution in [2.75, 3.05) is 13.7 Å². The van der Waals surface area contributed by atoms with Gasteiger partial charge in [-0.3, -0.25) is 0 Å². The van der Waals surface area contributed by atoms with Gasteiger partial charge in [0.1, 0.15) is 5.75 Å². The molecule has 0 amide bonds. The fraction of sp³-hybridized carbons (Fsp3) is 0.412. The van der Waals surface area contributed by atoms with Crippen LogP contribution in [-0.4, -0.2) is 19.7 Å². The minimum atomic E-state index is 0.606. The Hall–Kier alpha value is -1.32. The molecule has 2 aromatic rings. The lowest BCUT2D eigenvalue weighted by Gasteiger charge is -2.26. The van der Waals surface area contributed by atoms with Crippen LogP contribution in [0.15, 0.2) is 35.7 Å². The quantitative estimate of drug-likeness (QED) is 0.909. The molecule has 0 unspecified atom stereocenters. The van der Waals surface area contributed by atoms with Crippen molar-refractivity contribution in [2.45, 2.75) is 31.7 Å². The van der Waals surface area contributed by atoms with Crippen molar-refractivity contribution in [1.82, 2.24) is 5.32 Å². The summed E-state index contributed by atoms with van der Waals surface area (Å²) in [4.78, 5) is 1.47. The van der Waals surface area contributed by atoms with Crippen molar-refractivity contribution in [1.29, 1.82) is 0 Å². The van der Waals surface area contributed by atoms with Crippen molar-refractivity contribution < 1.29 is 4.74 Å². The van der Waals surface area contributed by atoms with Crippen LogP contribution < -0.4 is 10.1 Å². The minimum Gasteiger partial charge on any atom is -0.496 e. The normalized spacial score (nSPS) is 17.8. The van der Waals surface area contributed by atoms with Crippen LogP contribution >= 0.6 is 11.3 Å². The fourth-order valence-electron chi connectivity index (χ4n) is 2.99. The number of thiophene rings is 1. The first-order chi connectivity index (χ1) is 9.86. The molecular formula is C17H21NOS. The predicted octanol–water partition coefficient (Wildman–Crippen LogP) is 3.45. The standard InChI is InChI=1S/C17H21NOS/c1-19-17-6-2-4-13-12-14(7-8-16(13)17)18-10-9-15-5-3-11-20-15/h2-6,11,14,18H,7-10,12H2,1H3/t14-/m0/s1. The maximum atomic E-state index is 5.46. The van der Waals surface area contributed by atoms with Gasteiger partial charge in [0.05, 0.1) is 7.11 Å². The van der Waals surface area contributed by atoms with Gasteiger partial charge in [-0.15, -0.1) is 11.3 Å². The summed E-state index contributed by atoms with van der Waals surface area (Å²) in [6.45, 7) is 1.07. The Morgan fingerprint density at radius 3 is 3.05 bits per heavy atom. The average molecular weight is 287 g/mol. The van der Waals surface area contributed by atoms with Gasteiger partial charge in [-0.25, -0.2) is 0 Å². The van der Waals surface area contributed by atoms with Crippen LogP contribution in [0.4, 0.5) is 0 Å². The molecule has 1 aromatic carbocycles. The summed E-state index contributed by atoms with van der Waals surface area (Å²) in [5.74, 6) is 1.06. The second kappa shape index (κ2) is 6.42. The second-order valence-corrected chi connectivity index (χ2v) is 6.35. The van der Waals surface area contributed by atoms with Gasteiger partial charge in [0, 0.05) is 17.5 Å². The third kappa shape index (κ3) is 3.05. The zero-order chi connectivity index (χ0) is 13.8. The summed E-state index contributed by atoms with van der Waals surface area (Å²) >= 11 is 1.85. The second-order valence-electron chi connectivity index (χ2n) is 5.32. The Labute approximate surface area is 124 Å². The molecule has 0 spiro atoms. The minimum absolute atomic E-state index is 0.606. The van der Waals surface area contributed by atoms with E-state index in [1.807, 2.05) is 11.3 Å². The highest BCUT2D eigenvalue weighted by atomic mass is 32.1. The molecule has 0 radical (unpaired) electrons. The average Bonchev–Trinajstić information content (AvgIpc) is 2.99. The highest BCUT2D eigenvalue weighted by Crippen LogP contribution is 2.29. The topological polar surface area (TPSA) is 21.3 Å². The lowest BCUT2D eigenvalue weighted by molar-refractivity contribution is 0.397. The SMILES string of the molecule is COc1cccc2c1CC[C@H](NCCc1cccs1)C2. The summed E-state index contributed by atoms with van der Waals surface area (Å²) in [5, 5.41) is 5.86. The molecule has 1 aliphatic carbocycles. The van der Waals surface area contributed by atoms with Crippen molar-refractivity contribution in [3.8, 4) is 5.75 Å². The fourth-order valence-corrected chi connectivity index (χ4v) is 3.70. The summed E-state index contributed by atoms with van der Waals surface area (Å²) < 4.78 is 5.46. The van der Waals surface area contributed by atoms with Crippen molar-refractivity contribution in [3.05, 3.63) is 51.7 Å². The first kappa shape index (κ1) is 13.7. The number of hydrogen-bond acceptors (Lipinski definition) is 3. The van der Waals surface area contributed by atoms with Gasteiger partial charge in [-0.1, -0.05) is 18.2 Å². The Bertz CT molecular complexity index is 550. The van der Waals surface area contributed by atoms with Gasteiger partial charge in [-0.2, -0.15) is 0 Å². The van der Waals surface area contributed by atoms with E-state index in [0.717, 1.165) is 31.6 Å². The molecule has 106 valence electrons.